The molecule has 0 bridgehead atoms. The van der Waals surface area contributed by atoms with Crippen LogP contribution in [-0.2, 0) is 4.74 Å². The minimum Gasteiger partial charge on any atom is -0.389 e. The van der Waals surface area contributed by atoms with Gasteiger partial charge in [0.1, 0.15) is 0 Å². The zero-order valence-electron chi connectivity index (χ0n) is 12.1. The first kappa shape index (κ1) is 14.9. The van der Waals surface area contributed by atoms with E-state index in [1.54, 1.807) is 0 Å². The third kappa shape index (κ3) is 5.36. The molecule has 3 heteroatoms. The van der Waals surface area contributed by atoms with Gasteiger partial charge in [0.05, 0.1) is 18.3 Å². The van der Waals surface area contributed by atoms with E-state index < -0.39 is 0 Å². The molecule has 102 valence electrons. The van der Waals surface area contributed by atoms with Crippen molar-refractivity contribution in [2.45, 2.75) is 77.7 Å². The largest absolute Gasteiger partial charge is 0.389 e. The molecule has 1 aliphatic carbocycles. The van der Waals surface area contributed by atoms with Crippen molar-refractivity contribution in [3.05, 3.63) is 0 Å². The number of hydrogen-bond donors (Lipinski definition) is 1. The average Bonchev–Trinajstić information content (AvgIpc) is 2.09. The third-order valence-electron chi connectivity index (χ3n) is 3.34. The molecule has 1 atom stereocenters. The van der Waals surface area contributed by atoms with Crippen LogP contribution in [0, 0.1) is 0 Å². The first-order valence-corrected chi connectivity index (χ1v) is 6.87. The van der Waals surface area contributed by atoms with Gasteiger partial charge in [-0.15, -0.1) is 0 Å². The molecule has 0 radical (unpaired) electrons. The Bertz CT molecular complexity index is 219. The van der Waals surface area contributed by atoms with Crippen LogP contribution in [0.1, 0.15) is 53.9 Å². The molecule has 1 aliphatic rings. The van der Waals surface area contributed by atoms with E-state index in [1.165, 1.54) is 19.3 Å². The minimum atomic E-state index is -0.378. The highest BCUT2D eigenvalue weighted by Gasteiger charge is 2.28. The predicted molar refractivity (Wildman–Crippen MR) is 71.2 cm³/mol. The third-order valence-corrected chi connectivity index (χ3v) is 3.34. The Hall–Kier alpha value is -0.120. The molecule has 0 saturated heterocycles. The lowest BCUT2D eigenvalue weighted by Crippen LogP contribution is -2.49. The Kier molecular flexibility index (Phi) is 5.42. The SMILES string of the molecule is CC(C)N(CC(O)COC(C)(C)C)C1CCC1. The van der Waals surface area contributed by atoms with Crippen molar-refractivity contribution in [1.29, 1.82) is 0 Å². The summed E-state index contributed by atoms with van der Waals surface area (Å²) in [5.74, 6) is 0. The topological polar surface area (TPSA) is 32.7 Å². The molecule has 1 saturated carbocycles. The Morgan fingerprint density at radius 1 is 1.29 bits per heavy atom. The van der Waals surface area contributed by atoms with E-state index in [4.69, 9.17) is 4.74 Å². The highest BCUT2D eigenvalue weighted by atomic mass is 16.5. The highest BCUT2D eigenvalue weighted by Crippen LogP contribution is 2.26. The van der Waals surface area contributed by atoms with Crippen LogP contribution >= 0.6 is 0 Å². The molecule has 0 aromatic rings. The molecule has 0 spiro atoms. The van der Waals surface area contributed by atoms with Gasteiger partial charge in [-0.2, -0.15) is 0 Å². The molecule has 1 rings (SSSR count). The van der Waals surface area contributed by atoms with E-state index in [0.29, 0.717) is 18.7 Å². The maximum absolute atomic E-state index is 10.0. The van der Waals surface area contributed by atoms with E-state index in [-0.39, 0.29) is 11.7 Å². The summed E-state index contributed by atoms with van der Waals surface area (Å²) in [5.41, 5.74) is -0.167. The Balaban J connectivity index is 2.33. The number of aliphatic hydroxyl groups excluding tert-OH is 1. The summed E-state index contributed by atoms with van der Waals surface area (Å²) in [5, 5.41) is 10.0. The molecule has 1 N–H and O–H groups in total. The van der Waals surface area contributed by atoms with Gasteiger partial charge in [0.2, 0.25) is 0 Å². The molecule has 0 amide bonds. The molecule has 1 unspecified atom stereocenters. The summed E-state index contributed by atoms with van der Waals surface area (Å²) in [6, 6.07) is 1.18. The van der Waals surface area contributed by atoms with E-state index in [2.05, 4.69) is 18.7 Å². The second kappa shape index (κ2) is 6.17. The molecule has 0 heterocycles. The summed E-state index contributed by atoms with van der Waals surface area (Å²) in [6.45, 7) is 11.6. The number of ether oxygens (including phenoxy) is 1. The minimum absolute atomic E-state index is 0.167. The summed E-state index contributed by atoms with van der Waals surface area (Å²) >= 11 is 0. The van der Waals surface area contributed by atoms with Gasteiger partial charge in [-0.25, -0.2) is 0 Å². The van der Waals surface area contributed by atoms with Gasteiger partial charge in [-0.05, 0) is 47.5 Å². The lowest BCUT2D eigenvalue weighted by atomic mass is 9.90. The van der Waals surface area contributed by atoms with Gasteiger partial charge in [0, 0.05) is 18.6 Å². The van der Waals surface area contributed by atoms with E-state index in [0.717, 1.165) is 6.54 Å². The maximum Gasteiger partial charge on any atom is 0.0900 e. The molecule has 3 nitrogen and oxygen atoms in total. The second-order valence-electron chi connectivity index (χ2n) is 6.45. The number of nitrogens with zero attached hydrogens (tertiary/aromatic N) is 1. The first-order chi connectivity index (χ1) is 7.79. The molecular formula is C14H29NO2. The van der Waals surface area contributed by atoms with E-state index in [1.807, 2.05) is 20.8 Å². The smallest absolute Gasteiger partial charge is 0.0900 e. The van der Waals surface area contributed by atoms with Crippen LogP contribution in [0.15, 0.2) is 0 Å². The van der Waals surface area contributed by atoms with Gasteiger partial charge in [-0.1, -0.05) is 6.42 Å². The van der Waals surface area contributed by atoms with Crippen LogP contribution in [-0.4, -0.2) is 46.9 Å². The second-order valence-corrected chi connectivity index (χ2v) is 6.45. The molecular weight excluding hydrogens is 214 g/mol. The van der Waals surface area contributed by atoms with Crippen molar-refractivity contribution in [2.75, 3.05) is 13.2 Å². The number of aliphatic hydroxyl groups is 1. The van der Waals surface area contributed by atoms with E-state index in [9.17, 15) is 5.11 Å². The quantitative estimate of drug-likeness (QED) is 0.777. The van der Waals surface area contributed by atoms with Crippen molar-refractivity contribution in [2.24, 2.45) is 0 Å². The first-order valence-electron chi connectivity index (χ1n) is 6.87. The van der Waals surface area contributed by atoms with Crippen molar-refractivity contribution < 1.29 is 9.84 Å². The maximum atomic E-state index is 10.0. The Labute approximate surface area is 106 Å². The Morgan fingerprint density at radius 3 is 2.24 bits per heavy atom. The lowest BCUT2D eigenvalue weighted by molar-refractivity contribution is -0.0650. The van der Waals surface area contributed by atoms with Gasteiger partial charge in [0.15, 0.2) is 0 Å². The average molecular weight is 243 g/mol. The Morgan fingerprint density at radius 2 is 1.88 bits per heavy atom. The van der Waals surface area contributed by atoms with Gasteiger partial charge >= 0.3 is 0 Å². The molecule has 17 heavy (non-hydrogen) atoms. The molecule has 0 aromatic carbocycles. The summed E-state index contributed by atoms with van der Waals surface area (Å²) in [7, 11) is 0. The van der Waals surface area contributed by atoms with Crippen LogP contribution in [0.3, 0.4) is 0 Å². The normalized spacial score (nSPS) is 19.8. The van der Waals surface area contributed by atoms with Crippen molar-refractivity contribution in [1.82, 2.24) is 4.90 Å². The number of hydrogen-bond acceptors (Lipinski definition) is 3. The summed E-state index contributed by atoms with van der Waals surface area (Å²) < 4.78 is 5.63. The van der Waals surface area contributed by atoms with Crippen molar-refractivity contribution in [3.8, 4) is 0 Å². The summed E-state index contributed by atoms with van der Waals surface area (Å²) in [4.78, 5) is 2.42. The van der Waals surface area contributed by atoms with Crippen molar-refractivity contribution >= 4 is 0 Å². The van der Waals surface area contributed by atoms with Crippen LogP contribution in [0.5, 0.6) is 0 Å². The number of rotatable bonds is 6. The standard InChI is InChI=1S/C14H29NO2/c1-11(2)15(12-7-6-8-12)9-13(16)10-17-14(3,4)5/h11-13,16H,6-10H2,1-5H3. The lowest BCUT2D eigenvalue weighted by Gasteiger charge is -2.41. The molecule has 0 aromatic heterocycles. The van der Waals surface area contributed by atoms with Crippen LogP contribution in [0.25, 0.3) is 0 Å². The zero-order valence-corrected chi connectivity index (χ0v) is 12.1. The zero-order chi connectivity index (χ0) is 13.1. The fourth-order valence-corrected chi connectivity index (χ4v) is 2.14. The molecule has 1 fully saturated rings. The van der Waals surface area contributed by atoms with E-state index >= 15 is 0 Å². The van der Waals surface area contributed by atoms with Crippen LogP contribution in [0.2, 0.25) is 0 Å². The van der Waals surface area contributed by atoms with Crippen molar-refractivity contribution in [3.63, 3.8) is 0 Å². The highest BCUT2D eigenvalue weighted by molar-refractivity contribution is 4.83. The van der Waals surface area contributed by atoms with Gasteiger partial charge < -0.3 is 9.84 Å². The predicted octanol–water partition coefficient (Wildman–Crippen LogP) is 2.43. The summed E-state index contributed by atoms with van der Waals surface area (Å²) in [6.07, 6.45) is 3.52. The molecule has 0 aliphatic heterocycles. The fourth-order valence-electron chi connectivity index (χ4n) is 2.14. The monoisotopic (exact) mass is 243 g/mol. The van der Waals surface area contributed by atoms with Crippen LogP contribution in [0.4, 0.5) is 0 Å². The van der Waals surface area contributed by atoms with Gasteiger partial charge in [-0.3, -0.25) is 4.90 Å². The fraction of sp³-hybridized carbons (Fsp3) is 1.00. The van der Waals surface area contributed by atoms with Crippen LogP contribution < -0.4 is 0 Å². The van der Waals surface area contributed by atoms with Gasteiger partial charge in [0.25, 0.3) is 0 Å².